The number of aromatic nitrogens is 6. The van der Waals surface area contributed by atoms with E-state index < -0.39 is 0 Å². The van der Waals surface area contributed by atoms with Crippen molar-refractivity contribution in [3.8, 4) is 11.3 Å². The fraction of sp³-hybridized carbons (Fsp3) is 0.259. The number of rotatable bonds is 5. The second-order valence-electron chi connectivity index (χ2n) is 9.34. The molecule has 1 aromatic carbocycles. The lowest BCUT2D eigenvalue weighted by atomic mass is 10.0. The molecule has 6 rings (SSSR count). The maximum Gasteiger partial charge on any atom is 0.228 e. The smallest absolute Gasteiger partial charge is 0.228 e. The number of piperidine rings is 1. The molecule has 9 nitrogen and oxygen atoms in total. The average molecular weight is 479 g/mol. The SMILES string of the molecule is CN(C)C1CCN(c2ncc3nc(C(=O)c4ccnc(-c5cncc6ccccc56)c4)[nH]c3n2)CC1. The van der Waals surface area contributed by atoms with E-state index in [-0.39, 0.29) is 11.6 Å². The Morgan fingerprint density at radius 2 is 1.86 bits per heavy atom. The van der Waals surface area contributed by atoms with Gasteiger partial charge in [-0.15, -0.1) is 0 Å². The molecule has 0 spiro atoms. The number of nitrogens with zero attached hydrogens (tertiary/aromatic N) is 7. The molecule has 5 aromatic rings. The summed E-state index contributed by atoms with van der Waals surface area (Å²) in [5.74, 6) is 0.672. The number of hydrogen-bond donors (Lipinski definition) is 1. The second-order valence-corrected chi connectivity index (χ2v) is 9.34. The molecular weight excluding hydrogens is 452 g/mol. The largest absolute Gasteiger partial charge is 0.341 e. The normalized spacial score (nSPS) is 14.7. The fourth-order valence-electron chi connectivity index (χ4n) is 4.82. The lowest BCUT2D eigenvalue weighted by Gasteiger charge is -2.35. The predicted octanol–water partition coefficient (Wildman–Crippen LogP) is 3.72. The van der Waals surface area contributed by atoms with Gasteiger partial charge in [-0.3, -0.25) is 14.8 Å². The van der Waals surface area contributed by atoms with Gasteiger partial charge >= 0.3 is 0 Å². The minimum absolute atomic E-state index is 0.224. The fourth-order valence-corrected chi connectivity index (χ4v) is 4.82. The molecule has 5 heterocycles. The number of ketones is 1. The Bertz CT molecular complexity index is 1560. The number of pyridine rings is 2. The lowest BCUT2D eigenvalue weighted by molar-refractivity contribution is 0.103. The van der Waals surface area contributed by atoms with Gasteiger partial charge in [0.25, 0.3) is 0 Å². The zero-order chi connectivity index (χ0) is 24.6. The quantitative estimate of drug-likeness (QED) is 0.381. The van der Waals surface area contributed by atoms with Crippen molar-refractivity contribution in [1.29, 1.82) is 0 Å². The van der Waals surface area contributed by atoms with Gasteiger partial charge in [0.2, 0.25) is 11.7 Å². The van der Waals surface area contributed by atoms with E-state index in [1.54, 1.807) is 30.7 Å². The van der Waals surface area contributed by atoms with E-state index in [2.05, 4.69) is 53.8 Å². The van der Waals surface area contributed by atoms with Gasteiger partial charge in [-0.2, -0.15) is 4.98 Å². The van der Waals surface area contributed by atoms with Crippen molar-refractivity contribution in [3.05, 3.63) is 72.6 Å². The molecule has 1 N–H and O–H groups in total. The van der Waals surface area contributed by atoms with Crippen LogP contribution >= 0.6 is 0 Å². The predicted molar refractivity (Wildman–Crippen MR) is 139 cm³/mol. The first-order chi connectivity index (χ1) is 17.6. The summed E-state index contributed by atoms with van der Waals surface area (Å²) in [6, 6.07) is 12.1. The van der Waals surface area contributed by atoms with Gasteiger partial charge in [0, 0.05) is 54.2 Å². The standard InChI is InChI=1S/C27H26N8O/c1-34(2)19-8-11-35(12-9-19)27-30-16-23-25(33-27)32-26(31-23)24(36)17-7-10-29-22(13-17)21-15-28-14-18-5-3-4-6-20(18)21/h3-7,10,13-16,19H,8-9,11-12H2,1-2H3,(H,30,31,32,33). The van der Waals surface area contributed by atoms with E-state index in [0.29, 0.717) is 34.4 Å². The first-order valence-electron chi connectivity index (χ1n) is 12.0. The first kappa shape index (κ1) is 22.2. The van der Waals surface area contributed by atoms with Crippen molar-refractivity contribution < 1.29 is 4.79 Å². The monoisotopic (exact) mass is 478 g/mol. The van der Waals surface area contributed by atoms with E-state index in [0.717, 1.165) is 42.3 Å². The molecule has 4 aromatic heterocycles. The first-order valence-corrected chi connectivity index (χ1v) is 12.0. The molecular formula is C27H26N8O. The van der Waals surface area contributed by atoms with Crippen LogP contribution in [0.4, 0.5) is 5.95 Å². The highest BCUT2D eigenvalue weighted by Gasteiger charge is 2.23. The van der Waals surface area contributed by atoms with Crippen LogP contribution in [0.3, 0.4) is 0 Å². The number of hydrogen-bond acceptors (Lipinski definition) is 8. The molecule has 0 aliphatic carbocycles. The summed E-state index contributed by atoms with van der Waals surface area (Å²) in [4.78, 5) is 43.4. The molecule has 1 fully saturated rings. The third-order valence-corrected chi connectivity index (χ3v) is 6.88. The van der Waals surface area contributed by atoms with E-state index in [1.807, 2.05) is 30.5 Å². The van der Waals surface area contributed by atoms with Crippen molar-refractivity contribution in [2.45, 2.75) is 18.9 Å². The van der Waals surface area contributed by atoms with E-state index in [1.165, 1.54) is 0 Å². The van der Waals surface area contributed by atoms with Crippen molar-refractivity contribution in [2.75, 3.05) is 32.1 Å². The Morgan fingerprint density at radius 3 is 2.69 bits per heavy atom. The van der Waals surface area contributed by atoms with Gasteiger partial charge in [0.1, 0.15) is 5.52 Å². The minimum atomic E-state index is -0.224. The molecule has 0 saturated carbocycles. The Hall–Kier alpha value is -4.24. The van der Waals surface area contributed by atoms with Crippen LogP contribution in [0, 0.1) is 0 Å². The topological polar surface area (TPSA) is 104 Å². The number of aromatic amines is 1. The molecule has 1 saturated heterocycles. The van der Waals surface area contributed by atoms with Crippen LogP contribution in [0.25, 0.3) is 33.2 Å². The van der Waals surface area contributed by atoms with Gasteiger partial charge in [-0.05, 0) is 44.5 Å². The molecule has 0 unspecified atom stereocenters. The van der Waals surface area contributed by atoms with Gasteiger partial charge in [0.05, 0.1) is 11.9 Å². The molecule has 0 amide bonds. The van der Waals surface area contributed by atoms with Gasteiger partial charge in [-0.25, -0.2) is 9.97 Å². The summed E-state index contributed by atoms with van der Waals surface area (Å²) < 4.78 is 0. The van der Waals surface area contributed by atoms with E-state index >= 15 is 0 Å². The van der Waals surface area contributed by atoms with Crippen molar-refractivity contribution in [3.63, 3.8) is 0 Å². The van der Waals surface area contributed by atoms with Crippen molar-refractivity contribution in [1.82, 2.24) is 34.8 Å². The summed E-state index contributed by atoms with van der Waals surface area (Å²) in [5, 5.41) is 2.05. The Kier molecular flexibility index (Phi) is 5.61. The van der Waals surface area contributed by atoms with Crippen LogP contribution < -0.4 is 4.90 Å². The highest BCUT2D eigenvalue weighted by atomic mass is 16.1. The summed E-state index contributed by atoms with van der Waals surface area (Å²) in [5.41, 5.74) is 3.18. The van der Waals surface area contributed by atoms with E-state index in [4.69, 9.17) is 0 Å². The summed E-state index contributed by atoms with van der Waals surface area (Å²) in [6.45, 7) is 1.80. The maximum atomic E-state index is 13.3. The van der Waals surface area contributed by atoms with Crippen LogP contribution in [-0.4, -0.2) is 73.8 Å². The van der Waals surface area contributed by atoms with Crippen molar-refractivity contribution in [2.24, 2.45) is 0 Å². The lowest BCUT2D eigenvalue weighted by Crippen LogP contribution is -2.42. The zero-order valence-electron chi connectivity index (χ0n) is 20.2. The highest BCUT2D eigenvalue weighted by molar-refractivity contribution is 6.08. The third-order valence-electron chi connectivity index (χ3n) is 6.88. The Morgan fingerprint density at radius 1 is 1.03 bits per heavy atom. The van der Waals surface area contributed by atoms with Gasteiger partial charge < -0.3 is 14.8 Å². The highest BCUT2D eigenvalue weighted by Crippen LogP contribution is 2.27. The van der Waals surface area contributed by atoms with E-state index in [9.17, 15) is 4.79 Å². The zero-order valence-corrected chi connectivity index (χ0v) is 20.2. The summed E-state index contributed by atoms with van der Waals surface area (Å²) in [7, 11) is 4.24. The Labute approximate surface area is 208 Å². The number of carbonyl (C=O) groups is 1. The number of anilines is 1. The molecule has 0 atom stereocenters. The van der Waals surface area contributed by atoms with Crippen LogP contribution in [0.1, 0.15) is 29.0 Å². The second kappa shape index (κ2) is 9.09. The summed E-state index contributed by atoms with van der Waals surface area (Å²) in [6.07, 6.45) is 9.06. The van der Waals surface area contributed by atoms with Crippen LogP contribution in [-0.2, 0) is 0 Å². The van der Waals surface area contributed by atoms with Crippen LogP contribution in [0.15, 0.2) is 61.2 Å². The minimum Gasteiger partial charge on any atom is -0.341 e. The molecule has 9 heteroatoms. The van der Waals surface area contributed by atoms with Gasteiger partial charge in [-0.1, -0.05) is 24.3 Å². The Balaban J connectivity index is 1.27. The number of carbonyl (C=O) groups excluding carboxylic acids is 1. The molecule has 180 valence electrons. The van der Waals surface area contributed by atoms with Crippen LogP contribution in [0.2, 0.25) is 0 Å². The number of benzene rings is 1. The molecule has 1 aliphatic rings. The van der Waals surface area contributed by atoms with Crippen LogP contribution in [0.5, 0.6) is 0 Å². The molecule has 1 aliphatic heterocycles. The molecule has 36 heavy (non-hydrogen) atoms. The number of imidazole rings is 1. The summed E-state index contributed by atoms with van der Waals surface area (Å²) >= 11 is 0. The number of nitrogens with one attached hydrogen (secondary N) is 1. The van der Waals surface area contributed by atoms with Crippen molar-refractivity contribution >= 4 is 33.7 Å². The number of fused-ring (bicyclic) bond motifs is 2. The third kappa shape index (κ3) is 4.07. The number of H-pyrrole nitrogens is 1. The van der Waals surface area contributed by atoms with Gasteiger partial charge in [0.15, 0.2) is 11.5 Å². The maximum absolute atomic E-state index is 13.3. The average Bonchev–Trinajstić information content (AvgIpc) is 3.36. The molecule has 0 radical (unpaired) electrons. The molecule has 0 bridgehead atoms.